The highest BCUT2D eigenvalue weighted by Gasteiger charge is 2.15. The van der Waals surface area contributed by atoms with Crippen molar-refractivity contribution in [3.63, 3.8) is 0 Å². The third-order valence-electron chi connectivity index (χ3n) is 4.82. The Morgan fingerprint density at radius 3 is 2.74 bits per heavy atom. The molecule has 0 unspecified atom stereocenters. The third-order valence-corrected chi connectivity index (χ3v) is 4.82. The molecule has 31 heavy (non-hydrogen) atoms. The Morgan fingerprint density at radius 2 is 2.03 bits per heavy atom. The number of rotatable bonds is 7. The molecule has 3 aromatic heterocycles. The third kappa shape index (κ3) is 4.45. The highest BCUT2D eigenvalue weighted by molar-refractivity contribution is 5.92. The van der Waals surface area contributed by atoms with Gasteiger partial charge in [-0.3, -0.25) is 9.36 Å². The molecule has 1 aromatic carbocycles. The Hall–Kier alpha value is -4.01. The first-order valence-electron chi connectivity index (χ1n) is 9.85. The molecule has 0 aliphatic carbocycles. The number of carbonyl (C=O) groups is 1. The van der Waals surface area contributed by atoms with Gasteiger partial charge >= 0.3 is 0 Å². The van der Waals surface area contributed by atoms with Gasteiger partial charge in [0.15, 0.2) is 5.82 Å². The summed E-state index contributed by atoms with van der Waals surface area (Å²) in [6.45, 7) is 3.87. The fraction of sp³-hybridized carbons (Fsp3) is 0.227. The number of aryl methyl sites for hydroxylation is 1. The van der Waals surface area contributed by atoms with E-state index in [0.29, 0.717) is 29.6 Å². The molecular weight excluding hydrogens is 396 g/mol. The standard InChI is InChI=1S/C22H22N6O3/c1-4-19-26-22(31-27-19)16-9-10-23-20(11-16)28-12-18(24-13-28)21(29)25-14(2)15-5-7-17(30-3)8-6-15/h5-14H,4H2,1-3H3,(H,25,29)/t14-/m1/s1. The fourth-order valence-corrected chi connectivity index (χ4v) is 3.02. The maximum Gasteiger partial charge on any atom is 0.271 e. The fourth-order valence-electron chi connectivity index (χ4n) is 3.02. The number of benzene rings is 1. The monoisotopic (exact) mass is 418 g/mol. The lowest BCUT2D eigenvalue weighted by Crippen LogP contribution is -2.26. The second-order valence-electron chi connectivity index (χ2n) is 6.91. The van der Waals surface area contributed by atoms with E-state index in [4.69, 9.17) is 9.26 Å². The Balaban J connectivity index is 1.48. The summed E-state index contributed by atoms with van der Waals surface area (Å²) in [6.07, 6.45) is 5.51. The first kappa shape index (κ1) is 20.3. The Labute approximate surface area is 179 Å². The van der Waals surface area contributed by atoms with Crippen LogP contribution in [0.2, 0.25) is 0 Å². The van der Waals surface area contributed by atoms with Crippen molar-refractivity contribution in [1.82, 2.24) is 30.0 Å². The minimum absolute atomic E-state index is 0.185. The van der Waals surface area contributed by atoms with E-state index in [1.54, 1.807) is 42.5 Å². The van der Waals surface area contributed by atoms with Crippen molar-refractivity contribution in [3.05, 3.63) is 72.2 Å². The quantitative estimate of drug-likeness (QED) is 0.490. The van der Waals surface area contributed by atoms with E-state index in [2.05, 4.69) is 25.4 Å². The summed E-state index contributed by atoms with van der Waals surface area (Å²) in [5, 5.41) is 6.87. The molecule has 0 aliphatic heterocycles. The predicted molar refractivity (Wildman–Crippen MR) is 113 cm³/mol. The van der Waals surface area contributed by atoms with Gasteiger partial charge in [-0.15, -0.1) is 0 Å². The topological polar surface area (TPSA) is 108 Å². The zero-order valence-corrected chi connectivity index (χ0v) is 17.4. The van der Waals surface area contributed by atoms with Crippen LogP contribution in [0.4, 0.5) is 0 Å². The molecule has 1 amide bonds. The molecule has 3 heterocycles. The Kier molecular flexibility index (Phi) is 5.74. The lowest BCUT2D eigenvalue weighted by atomic mass is 10.1. The zero-order chi connectivity index (χ0) is 21.8. The summed E-state index contributed by atoms with van der Waals surface area (Å²) in [4.78, 5) is 25.6. The second-order valence-corrected chi connectivity index (χ2v) is 6.91. The summed E-state index contributed by atoms with van der Waals surface area (Å²) < 4.78 is 12.1. The highest BCUT2D eigenvalue weighted by Crippen LogP contribution is 2.20. The van der Waals surface area contributed by atoms with Crippen LogP contribution in [-0.2, 0) is 6.42 Å². The van der Waals surface area contributed by atoms with Crippen molar-refractivity contribution in [2.75, 3.05) is 7.11 Å². The van der Waals surface area contributed by atoms with Crippen LogP contribution in [0.3, 0.4) is 0 Å². The molecule has 1 N–H and O–H groups in total. The number of aromatic nitrogens is 5. The zero-order valence-electron chi connectivity index (χ0n) is 17.4. The van der Waals surface area contributed by atoms with Gasteiger partial charge in [0.05, 0.1) is 13.2 Å². The summed E-state index contributed by atoms with van der Waals surface area (Å²) in [6, 6.07) is 11.0. The van der Waals surface area contributed by atoms with Crippen LogP contribution >= 0.6 is 0 Å². The number of nitrogens with zero attached hydrogens (tertiary/aromatic N) is 5. The number of imidazole rings is 1. The second kappa shape index (κ2) is 8.78. The Bertz CT molecular complexity index is 1180. The number of hydrogen-bond donors (Lipinski definition) is 1. The minimum Gasteiger partial charge on any atom is -0.497 e. The molecular formula is C22H22N6O3. The number of ether oxygens (including phenoxy) is 1. The molecule has 4 rings (SSSR count). The van der Waals surface area contributed by atoms with Gasteiger partial charge in [0.25, 0.3) is 11.8 Å². The molecule has 0 saturated heterocycles. The van der Waals surface area contributed by atoms with Crippen LogP contribution in [0.25, 0.3) is 17.3 Å². The molecule has 0 bridgehead atoms. The normalized spacial score (nSPS) is 11.8. The van der Waals surface area contributed by atoms with Crippen LogP contribution < -0.4 is 10.1 Å². The van der Waals surface area contributed by atoms with Crippen LogP contribution in [0.5, 0.6) is 5.75 Å². The first-order chi connectivity index (χ1) is 15.1. The van der Waals surface area contributed by atoms with E-state index >= 15 is 0 Å². The summed E-state index contributed by atoms with van der Waals surface area (Å²) in [5.41, 5.74) is 2.00. The molecule has 4 aromatic rings. The van der Waals surface area contributed by atoms with Crippen molar-refractivity contribution < 1.29 is 14.1 Å². The van der Waals surface area contributed by atoms with Gasteiger partial charge in [-0.1, -0.05) is 24.2 Å². The molecule has 0 radical (unpaired) electrons. The van der Waals surface area contributed by atoms with Gasteiger partial charge in [0.2, 0.25) is 0 Å². The van der Waals surface area contributed by atoms with Gasteiger partial charge in [-0.2, -0.15) is 4.98 Å². The molecule has 0 aliphatic rings. The summed E-state index contributed by atoms with van der Waals surface area (Å²) >= 11 is 0. The van der Waals surface area contributed by atoms with Gasteiger partial charge in [0.1, 0.15) is 23.6 Å². The molecule has 9 heteroatoms. The average Bonchev–Trinajstić information content (AvgIpc) is 3.49. The number of methoxy groups -OCH3 is 1. The number of amides is 1. The van der Waals surface area contributed by atoms with E-state index in [9.17, 15) is 4.79 Å². The predicted octanol–water partition coefficient (Wildman–Crippen LogP) is 3.38. The van der Waals surface area contributed by atoms with Crippen LogP contribution in [-0.4, -0.2) is 37.7 Å². The van der Waals surface area contributed by atoms with E-state index in [1.165, 1.54) is 0 Å². The van der Waals surface area contributed by atoms with Gasteiger partial charge in [0, 0.05) is 24.4 Å². The molecule has 1 atom stereocenters. The maximum absolute atomic E-state index is 12.7. The van der Waals surface area contributed by atoms with Crippen molar-refractivity contribution >= 4 is 5.91 Å². The van der Waals surface area contributed by atoms with Crippen LogP contribution in [0.1, 0.15) is 41.8 Å². The van der Waals surface area contributed by atoms with Crippen LogP contribution in [0.15, 0.2) is 59.6 Å². The van der Waals surface area contributed by atoms with Gasteiger partial charge in [-0.05, 0) is 36.8 Å². The van der Waals surface area contributed by atoms with Crippen molar-refractivity contribution in [3.8, 4) is 23.0 Å². The van der Waals surface area contributed by atoms with Crippen LogP contribution in [0, 0.1) is 0 Å². The first-order valence-corrected chi connectivity index (χ1v) is 9.85. The average molecular weight is 418 g/mol. The molecule has 0 spiro atoms. The lowest BCUT2D eigenvalue weighted by molar-refractivity contribution is 0.0935. The van der Waals surface area contributed by atoms with E-state index in [0.717, 1.165) is 16.9 Å². The summed E-state index contributed by atoms with van der Waals surface area (Å²) in [7, 11) is 1.62. The van der Waals surface area contributed by atoms with Gasteiger partial charge in [-0.25, -0.2) is 9.97 Å². The SMILES string of the molecule is CCc1noc(-c2ccnc(-n3cnc(C(=O)N[C@H](C)c4ccc(OC)cc4)c3)c2)n1. The highest BCUT2D eigenvalue weighted by atomic mass is 16.5. The molecule has 0 saturated carbocycles. The molecule has 9 nitrogen and oxygen atoms in total. The lowest BCUT2D eigenvalue weighted by Gasteiger charge is -2.13. The largest absolute Gasteiger partial charge is 0.497 e. The van der Waals surface area contributed by atoms with E-state index in [-0.39, 0.29) is 11.9 Å². The maximum atomic E-state index is 12.7. The van der Waals surface area contributed by atoms with Gasteiger partial charge < -0.3 is 14.6 Å². The molecule has 158 valence electrons. The number of carbonyl (C=O) groups excluding carboxylic acids is 1. The van der Waals surface area contributed by atoms with E-state index in [1.807, 2.05) is 38.1 Å². The number of nitrogens with one attached hydrogen (secondary N) is 1. The molecule has 0 fully saturated rings. The van der Waals surface area contributed by atoms with Crippen molar-refractivity contribution in [2.24, 2.45) is 0 Å². The number of hydrogen-bond acceptors (Lipinski definition) is 7. The van der Waals surface area contributed by atoms with Crippen molar-refractivity contribution in [1.29, 1.82) is 0 Å². The smallest absolute Gasteiger partial charge is 0.271 e. The summed E-state index contributed by atoms with van der Waals surface area (Å²) in [5.74, 6) is 2.14. The number of pyridine rings is 1. The van der Waals surface area contributed by atoms with Crippen molar-refractivity contribution in [2.45, 2.75) is 26.3 Å². The van der Waals surface area contributed by atoms with E-state index < -0.39 is 0 Å². The Morgan fingerprint density at radius 1 is 1.23 bits per heavy atom. The minimum atomic E-state index is -0.275.